The van der Waals surface area contributed by atoms with Gasteiger partial charge in [-0.25, -0.2) is 4.98 Å². The Labute approximate surface area is 205 Å². The SMILES string of the molecule is CCNC(=O)[C@H]1O[C@@H](n2cnc3c(NNC(=O)c4ccccc4)nc(Cl)nc32)[C@@H]2OC(C)(C)O[C@@H]21. The van der Waals surface area contributed by atoms with E-state index in [2.05, 4.69) is 31.1 Å². The van der Waals surface area contributed by atoms with Gasteiger partial charge in [0.2, 0.25) is 5.28 Å². The van der Waals surface area contributed by atoms with Crippen LogP contribution in [0.1, 0.15) is 37.4 Å². The summed E-state index contributed by atoms with van der Waals surface area (Å²) in [6.45, 7) is 5.83. The number of aromatic nitrogens is 4. The molecule has 3 aromatic rings. The summed E-state index contributed by atoms with van der Waals surface area (Å²) in [5, 5.41) is 2.69. The average molecular weight is 502 g/mol. The Balaban J connectivity index is 1.45. The van der Waals surface area contributed by atoms with E-state index >= 15 is 0 Å². The first-order valence-electron chi connectivity index (χ1n) is 11.1. The smallest absolute Gasteiger partial charge is 0.269 e. The Morgan fingerprint density at radius 2 is 1.89 bits per heavy atom. The standard InChI is InChI=1S/C22H24ClN7O5/c1-4-24-19(32)14-13-15(35-22(2,3)34-13)20(33-14)30-10-25-12-16(26-21(23)27-17(12)30)28-29-18(31)11-8-6-5-7-9-11/h5-10,13-15,20H,4H2,1-3H3,(H,24,32)(H,29,31)(H,26,27,28)/t13-,14+,15-,20-/m1/s1. The van der Waals surface area contributed by atoms with Crippen LogP contribution in [0.25, 0.3) is 11.2 Å². The molecule has 0 unspecified atom stereocenters. The fraction of sp³-hybridized carbons (Fsp3) is 0.409. The van der Waals surface area contributed by atoms with E-state index in [0.29, 0.717) is 23.3 Å². The molecule has 2 aliphatic rings. The van der Waals surface area contributed by atoms with E-state index in [0.717, 1.165) is 0 Å². The molecule has 12 nitrogen and oxygen atoms in total. The van der Waals surface area contributed by atoms with Gasteiger partial charge in [0.1, 0.15) is 12.2 Å². The zero-order valence-corrected chi connectivity index (χ0v) is 19.9. The van der Waals surface area contributed by atoms with E-state index in [9.17, 15) is 9.59 Å². The molecule has 4 atom stereocenters. The highest BCUT2D eigenvalue weighted by Crippen LogP contribution is 2.44. The number of rotatable bonds is 6. The number of carbonyl (C=O) groups is 2. The summed E-state index contributed by atoms with van der Waals surface area (Å²) in [6, 6.07) is 8.69. The van der Waals surface area contributed by atoms with Crippen LogP contribution in [0, 0.1) is 0 Å². The lowest BCUT2D eigenvalue weighted by atomic mass is 10.1. The number of fused-ring (bicyclic) bond motifs is 2. The summed E-state index contributed by atoms with van der Waals surface area (Å²) in [4.78, 5) is 38.0. The highest BCUT2D eigenvalue weighted by molar-refractivity contribution is 6.28. The molecule has 2 saturated heterocycles. The van der Waals surface area contributed by atoms with Crippen molar-refractivity contribution in [2.75, 3.05) is 12.0 Å². The number of benzene rings is 1. The first kappa shape index (κ1) is 23.4. The van der Waals surface area contributed by atoms with Crippen LogP contribution < -0.4 is 16.2 Å². The van der Waals surface area contributed by atoms with E-state index in [4.69, 9.17) is 25.8 Å². The molecule has 2 fully saturated rings. The number of halogens is 1. The summed E-state index contributed by atoms with van der Waals surface area (Å²) < 4.78 is 19.8. The Morgan fingerprint density at radius 1 is 1.14 bits per heavy atom. The van der Waals surface area contributed by atoms with Crippen LogP contribution in [0.15, 0.2) is 36.7 Å². The van der Waals surface area contributed by atoms with Crippen LogP contribution in [-0.2, 0) is 19.0 Å². The van der Waals surface area contributed by atoms with Crippen LogP contribution in [0.5, 0.6) is 0 Å². The first-order valence-corrected chi connectivity index (χ1v) is 11.5. The second-order valence-electron chi connectivity index (χ2n) is 8.52. The van der Waals surface area contributed by atoms with Crippen molar-refractivity contribution in [2.24, 2.45) is 0 Å². The van der Waals surface area contributed by atoms with Gasteiger partial charge in [-0.3, -0.25) is 25.0 Å². The van der Waals surface area contributed by atoms with Gasteiger partial charge < -0.3 is 19.5 Å². The quantitative estimate of drug-likeness (QED) is 0.340. The highest BCUT2D eigenvalue weighted by atomic mass is 35.5. The molecule has 184 valence electrons. The van der Waals surface area contributed by atoms with Crippen LogP contribution in [0.2, 0.25) is 5.28 Å². The second-order valence-corrected chi connectivity index (χ2v) is 8.86. The molecule has 5 rings (SSSR count). The number of hydrazine groups is 1. The van der Waals surface area contributed by atoms with Crippen molar-refractivity contribution in [1.29, 1.82) is 0 Å². The number of imidazole rings is 1. The number of carbonyl (C=O) groups excluding carboxylic acids is 2. The molecule has 2 aromatic heterocycles. The van der Waals surface area contributed by atoms with Crippen molar-refractivity contribution < 1.29 is 23.8 Å². The third-order valence-corrected chi connectivity index (χ3v) is 5.81. The fourth-order valence-corrected chi connectivity index (χ4v) is 4.39. The minimum Gasteiger partial charge on any atom is -0.354 e. The topological polar surface area (TPSA) is 142 Å². The number of hydrogen-bond acceptors (Lipinski definition) is 9. The average Bonchev–Trinajstić information content (AvgIpc) is 3.48. The Morgan fingerprint density at radius 3 is 2.63 bits per heavy atom. The molecule has 4 heterocycles. The molecule has 3 N–H and O–H groups in total. The molecule has 0 aliphatic carbocycles. The van der Waals surface area contributed by atoms with Crippen LogP contribution in [0.3, 0.4) is 0 Å². The highest BCUT2D eigenvalue weighted by Gasteiger charge is 2.58. The monoisotopic (exact) mass is 501 g/mol. The zero-order valence-electron chi connectivity index (χ0n) is 19.2. The molecule has 0 saturated carbocycles. The van der Waals surface area contributed by atoms with Gasteiger partial charge in [-0.2, -0.15) is 9.97 Å². The molecule has 13 heteroatoms. The summed E-state index contributed by atoms with van der Waals surface area (Å²) in [7, 11) is 0. The lowest BCUT2D eigenvalue weighted by Gasteiger charge is -2.24. The van der Waals surface area contributed by atoms with Crippen molar-refractivity contribution in [3.05, 3.63) is 47.5 Å². The number of nitrogens with zero attached hydrogens (tertiary/aromatic N) is 4. The van der Waals surface area contributed by atoms with Gasteiger partial charge in [0.15, 0.2) is 35.1 Å². The molecule has 35 heavy (non-hydrogen) atoms. The van der Waals surface area contributed by atoms with Gasteiger partial charge in [-0.1, -0.05) is 18.2 Å². The molecule has 2 aliphatic heterocycles. The van der Waals surface area contributed by atoms with Gasteiger partial charge in [0.25, 0.3) is 11.8 Å². The van der Waals surface area contributed by atoms with Crippen LogP contribution in [0.4, 0.5) is 5.82 Å². The van der Waals surface area contributed by atoms with Gasteiger partial charge >= 0.3 is 0 Å². The van der Waals surface area contributed by atoms with E-state index < -0.39 is 30.3 Å². The van der Waals surface area contributed by atoms with E-state index in [1.807, 2.05) is 13.0 Å². The fourth-order valence-electron chi connectivity index (χ4n) is 4.23. The van der Waals surface area contributed by atoms with Gasteiger partial charge in [-0.15, -0.1) is 0 Å². The minimum atomic E-state index is -0.903. The number of amides is 2. The lowest BCUT2D eigenvalue weighted by molar-refractivity contribution is -0.197. The number of hydrogen-bond donors (Lipinski definition) is 3. The number of anilines is 1. The lowest BCUT2D eigenvalue weighted by Crippen LogP contribution is -2.42. The molecule has 1 aromatic carbocycles. The van der Waals surface area contributed by atoms with Crippen LogP contribution >= 0.6 is 11.6 Å². The largest absolute Gasteiger partial charge is 0.354 e. The summed E-state index contributed by atoms with van der Waals surface area (Å²) in [5.41, 5.74) is 6.47. The van der Waals surface area contributed by atoms with Crippen molar-refractivity contribution in [1.82, 2.24) is 30.3 Å². The molecule has 2 amide bonds. The Hall–Kier alpha value is -3.32. The van der Waals surface area contributed by atoms with Crippen molar-refractivity contribution >= 4 is 40.4 Å². The maximum absolute atomic E-state index is 12.7. The molecular formula is C22H24ClN7O5. The summed E-state index contributed by atoms with van der Waals surface area (Å²) >= 11 is 6.19. The third kappa shape index (κ3) is 4.41. The summed E-state index contributed by atoms with van der Waals surface area (Å²) in [5.74, 6) is -1.37. The maximum Gasteiger partial charge on any atom is 0.269 e. The number of likely N-dealkylation sites (N-methyl/N-ethyl adjacent to an activating group) is 1. The van der Waals surface area contributed by atoms with Crippen LogP contribution in [-0.4, -0.2) is 62.0 Å². The predicted octanol–water partition coefficient (Wildman–Crippen LogP) is 1.79. The van der Waals surface area contributed by atoms with Gasteiger partial charge in [0, 0.05) is 12.1 Å². The van der Waals surface area contributed by atoms with Crippen molar-refractivity contribution in [3.63, 3.8) is 0 Å². The zero-order chi connectivity index (χ0) is 24.7. The third-order valence-electron chi connectivity index (χ3n) is 5.64. The number of ether oxygens (including phenoxy) is 3. The second kappa shape index (κ2) is 9.04. The Bertz CT molecular complexity index is 1270. The van der Waals surface area contributed by atoms with E-state index in [-0.39, 0.29) is 22.9 Å². The Kier molecular flexibility index (Phi) is 6.05. The minimum absolute atomic E-state index is 0.0746. The van der Waals surface area contributed by atoms with E-state index in [1.54, 1.807) is 42.7 Å². The summed E-state index contributed by atoms with van der Waals surface area (Å²) in [6.07, 6.45) is -1.38. The molecule has 0 bridgehead atoms. The maximum atomic E-state index is 12.7. The molecule has 0 radical (unpaired) electrons. The van der Waals surface area contributed by atoms with Crippen molar-refractivity contribution in [2.45, 2.75) is 51.1 Å². The molecule has 0 spiro atoms. The normalized spacial score (nSPS) is 24.8. The predicted molar refractivity (Wildman–Crippen MR) is 124 cm³/mol. The number of nitrogens with one attached hydrogen (secondary N) is 3. The van der Waals surface area contributed by atoms with E-state index in [1.165, 1.54) is 6.33 Å². The first-order chi connectivity index (χ1) is 16.8. The van der Waals surface area contributed by atoms with Crippen molar-refractivity contribution in [3.8, 4) is 0 Å². The van der Waals surface area contributed by atoms with Gasteiger partial charge in [-0.05, 0) is 44.5 Å². The molecular weight excluding hydrogens is 478 g/mol. The van der Waals surface area contributed by atoms with Gasteiger partial charge in [0.05, 0.1) is 6.33 Å².